The molecule has 5 rings (SSSR count). The van der Waals surface area contributed by atoms with Crippen LogP contribution in [0.1, 0.15) is 46.1 Å². The van der Waals surface area contributed by atoms with Crippen LogP contribution in [-0.2, 0) is 25.8 Å². The van der Waals surface area contributed by atoms with Gasteiger partial charge in [0.15, 0.2) is 0 Å². The van der Waals surface area contributed by atoms with Crippen LogP contribution in [0.2, 0.25) is 0 Å². The van der Waals surface area contributed by atoms with Crippen LogP contribution in [-0.4, -0.2) is 42.0 Å². The minimum Gasteiger partial charge on any atom is -0.493 e. The summed E-state index contributed by atoms with van der Waals surface area (Å²) in [5, 5.41) is 2.93. The molecule has 0 saturated heterocycles. The molecule has 0 spiro atoms. The van der Waals surface area contributed by atoms with Crippen LogP contribution in [0.4, 0.5) is 0 Å². The van der Waals surface area contributed by atoms with Crippen LogP contribution in [0.25, 0.3) is 0 Å². The lowest BCUT2D eigenvalue weighted by Crippen LogP contribution is -2.27. The molecule has 2 aliphatic heterocycles. The lowest BCUT2D eigenvalue weighted by atomic mass is 10.1. The smallest absolute Gasteiger partial charge is 0.307 e. The van der Waals surface area contributed by atoms with E-state index in [-0.39, 0.29) is 11.8 Å². The highest BCUT2D eigenvalue weighted by molar-refractivity contribution is 5.89. The lowest BCUT2D eigenvalue weighted by Gasteiger charge is -2.20. The van der Waals surface area contributed by atoms with Crippen molar-refractivity contribution in [3.05, 3.63) is 46.7 Å². The summed E-state index contributed by atoms with van der Waals surface area (Å²) in [4.78, 5) is 19.1. The second-order valence-corrected chi connectivity index (χ2v) is 7.86. The van der Waals surface area contributed by atoms with Crippen molar-refractivity contribution in [2.24, 2.45) is 5.92 Å². The molecule has 142 valence electrons. The van der Waals surface area contributed by atoms with Crippen LogP contribution >= 0.6 is 0 Å². The van der Waals surface area contributed by atoms with Gasteiger partial charge in [0.2, 0.25) is 0 Å². The Bertz CT molecular complexity index is 831. The molecule has 0 atom stereocenters. The van der Waals surface area contributed by atoms with Crippen molar-refractivity contribution in [1.29, 1.82) is 0 Å². The van der Waals surface area contributed by atoms with Gasteiger partial charge in [-0.3, -0.25) is 9.69 Å². The molecule has 2 aromatic rings. The zero-order chi connectivity index (χ0) is 18.2. The zero-order valence-corrected chi connectivity index (χ0v) is 15.5. The molecule has 0 radical (unpaired) electrons. The molecule has 1 aromatic heterocycles. The van der Waals surface area contributed by atoms with Gasteiger partial charge in [-0.1, -0.05) is 12.1 Å². The van der Waals surface area contributed by atoms with Crippen molar-refractivity contribution in [2.45, 2.75) is 38.6 Å². The SMILES string of the molecule is O=C(NCC1CC1)c1nc2c(o1)CCN(Cc1ccc3c(c1)CCO3)CC2. The first-order valence-electron chi connectivity index (χ1n) is 9.98. The second-order valence-electron chi connectivity index (χ2n) is 7.86. The van der Waals surface area contributed by atoms with Gasteiger partial charge in [-0.2, -0.15) is 0 Å². The Morgan fingerprint density at radius 2 is 2.11 bits per heavy atom. The normalized spacial score (nSPS) is 19.1. The molecule has 6 heteroatoms. The molecular formula is C21H25N3O3. The van der Waals surface area contributed by atoms with Gasteiger partial charge in [0.1, 0.15) is 11.5 Å². The number of rotatable bonds is 5. The number of nitrogens with zero attached hydrogens (tertiary/aromatic N) is 2. The van der Waals surface area contributed by atoms with Crippen LogP contribution in [0.3, 0.4) is 0 Å². The molecule has 27 heavy (non-hydrogen) atoms. The molecular weight excluding hydrogens is 342 g/mol. The summed E-state index contributed by atoms with van der Waals surface area (Å²) in [6, 6.07) is 6.52. The van der Waals surface area contributed by atoms with Crippen molar-refractivity contribution < 1.29 is 13.9 Å². The van der Waals surface area contributed by atoms with E-state index in [0.29, 0.717) is 5.92 Å². The maximum absolute atomic E-state index is 12.2. The monoisotopic (exact) mass is 367 g/mol. The first-order chi connectivity index (χ1) is 13.2. The average molecular weight is 367 g/mol. The number of ether oxygens (including phenoxy) is 1. The molecule has 3 heterocycles. The molecule has 1 saturated carbocycles. The molecule has 6 nitrogen and oxygen atoms in total. The fourth-order valence-corrected chi connectivity index (χ4v) is 3.90. The van der Waals surface area contributed by atoms with Crippen molar-refractivity contribution >= 4 is 5.91 Å². The summed E-state index contributed by atoms with van der Waals surface area (Å²) in [5.41, 5.74) is 3.58. The highest BCUT2D eigenvalue weighted by atomic mass is 16.5. The van der Waals surface area contributed by atoms with Gasteiger partial charge in [-0.15, -0.1) is 0 Å². The van der Waals surface area contributed by atoms with Crippen LogP contribution in [0.15, 0.2) is 22.6 Å². The Morgan fingerprint density at radius 3 is 3.00 bits per heavy atom. The maximum atomic E-state index is 12.2. The summed E-state index contributed by atoms with van der Waals surface area (Å²) in [6.07, 6.45) is 5.06. The Morgan fingerprint density at radius 1 is 1.22 bits per heavy atom. The fraction of sp³-hybridized carbons (Fsp3) is 0.524. The quantitative estimate of drug-likeness (QED) is 0.879. The van der Waals surface area contributed by atoms with E-state index in [1.165, 1.54) is 24.0 Å². The van der Waals surface area contributed by atoms with E-state index in [0.717, 1.165) is 69.3 Å². The van der Waals surface area contributed by atoms with Crippen molar-refractivity contribution in [3.63, 3.8) is 0 Å². The van der Waals surface area contributed by atoms with Crippen LogP contribution in [0, 0.1) is 5.92 Å². The Balaban J connectivity index is 1.20. The topological polar surface area (TPSA) is 67.6 Å². The standard InChI is InChI=1S/C21H25N3O3/c25-20(22-12-14-1-2-14)21-23-17-5-8-24(9-6-19(17)27-21)13-15-3-4-18-16(11-15)7-10-26-18/h3-4,11,14H,1-2,5-10,12-13H2,(H,22,25). The van der Waals surface area contributed by atoms with E-state index in [4.69, 9.17) is 9.15 Å². The third-order valence-corrected chi connectivity index (χ3v) is 5.70. The Hall–Kier alpha value is -2.34. The van der Waals surface area contributed by atoms with Gasteiger partial charge in [0.25, 0.3) is 5.89 Å². The predicted octanol–water partition coefficient (Wildman–Crippen LogP) is 2.35. The van der Waals surface area contributed by atoms with E-state index in [9.17, 15) is 4.79 Å². The maximum Gasteiger partial charge on any atom is 0.307 e. The molecule has 1 N–H and O–H groups in total. The fourth-order valence-electron chi connectivity index (χ4n) is 3.90. The molecule has 1 fully saturated rings. The molecule has 1 amide bonds. The number of aromatic nitrogens is 1. The number of carbonyl (C=O) groups is 1. The van der Waals surface area contributed by atoms with Crippen molar-refractivity contribution in [2.75, 3.05) is 26.2 Å². The summed E-state index contributed by atoms with van der Waals surface area (Å²) in [6.45, 7) is 4.30. The number of oxazole rings is 1. The predicted molar refractivity (Wildman–Crippen MR) is 99.9 cm³/mol. The van der Waals surface area contributed by atoms with Crippen molar-refractivity contribution in [3.8, 4) is 5.75 Å². The molecule has 0 unspecified atom stereocenters. The molecule has 1 aromatic carbocycles. The third kappa shape index (κ3) is 3.72. The summed E-state index contributed by atoms with van der Waals surface area (Å²) < 4.78 is 11.4. The summed E-state index contributed by atoms with van der Waals surface area (Å²) >= 11 is 0. The summed E-state index contributed by atoms with van der Waals surface area (Å²) in [7, 11) is 0. The van der Waals surface area contributed by atoms with E-state index in [1.54, 1.807) is 0 Å². The number of fused-ring (bicyclic) bond motifs is 2. The van der Waals surface area contributed by atoms with Gasteiger partial charge >= 0.3 is 5.91 Å². The highest BCUT2D eigenvalue weighted by Gasteiger charge is 2.25. The van der Waals surface area contributed by atoms with Gasteiger partial charge in [-0.05, 0) is 36.0 Å². The lowest BCUT2D eigenvalue weighted by molar-refractivity contribution is 0.0915. The minimum atomic E-state index is -0.174. The summed E-state index contributed by atoms with van der Waals surface area (Å²) in [5.74, 6) is 2.61. The third-order valence-electron chi connectivity index (χ3n) is 5.70. The molecule has 0 bridgehead atoms. The van der Waals surface area contributed by atoms with Crippen LogP contribution in [0.5, 0.6) is 5.75 Å². The Labute approximate surface area is 158 Å². The number of hydrogen-bond acceptors (Lipinski definition) is 5. The average Bonchev–Trinajstić information content (AvgIpc) is 3.29. The number of hydrogen-bond donors (Lipinski definition) is 1. The Kier molecular flexibility index (Phi) is 4.36. The first kappa shape index (κ1) is 16.8. The number of benzene rings is 1. The van der Waals surface area contributed by atoms with Crippen molar-refractivity contribution in [1.82, 2.24) is 15.2 Å². The second kappa shape index (κ2) is 7.00. The minimum absolute atomic E-state index is 0.174. The van der Waals surface area contributed by atoms with E-state index in [2.05, 4.69) is 33.4 Å². The number of amides is 1. The van der Waals surface area contributed by atoms with E-state index >= 15 is 0 Å². The molecule has 3 aliphatic rings. The van der Waals surface area contributed by atoms with Gasteiger partial charge in [0, 0.05) is 45.4 Å². The van der Waals surface area contributed by atoms with E-state index in [1.807, 2.05) is 0 Å². The molecule has 1 aliphatic carbocycles. The highest BCUT2D eigenvalue weighted by Crippen LogP contribution is 2.28. The number of carbonyl (C=O) groups excluding carboxylic acids is 1. The zero-order valence-electron chi connectivity index (χ0n) is 15.5. The van der Waals surface area contributed by atoms with Gasteiger partial charge in [-0.25, -0.2) is 4.98 Å². The first-order valence-corrected chi connectivity index (χ1v) is 9.98. The van der Waals surface area contributed by atoms with Gasteiger partial charge in [0.05, 0.1) is 12.3 Å². The largest absolute Gasteiger partial charge is 0.493 e. The van der Waals surface area contributed by atoms with E-state index < -0.39 is 0 Å². The number of nitrogens with one attached hydrogen (secondary N) is 1. The van der Waals surface area contributed by atoms with Crippen LogP contribution < -0.4 is 10.1 Å². The van der Waals surface area contributed by atoms with Gasteiger partial charge < -0.3 is 14.5 Å².